The maximum absolute atomic E-state index is 10.1. The number of allylic oxidation sites excluding steroid dienone is 1. The smallest absolute Gasteiger partial charge is 0.145 e. The van der Waals surface area contributed by atoms with Gasteiger partial charge in [-0.3, -0.25) is 4.90 Å². The van der Waals surface area contributed by atoms with E-state index in [2.05, 4.69) is 23.2 Å². The molecular formula is C19H25ClN2O2. The monoisotopic (exact) mass is 348 g/mol. The number of oxime groups is 1. The van der Waals surface area contributed by atoms with Gasteiger partial charge in [-0.05, 0) is 30.5 Å². The fourth-order valence-corrected chi connectivity index (χ4v) is 2.86. The second-order valence-corrected chi connectivity index (χ2v) is 6.44. The molecule has 24 heavy (non-hydrogen) atoms. The number of benzene rings is 1. The van der Waals surface area contributed by atoms with Crippen LogP contribution in [0.15, 0.2) is 54.7 Å². The molecule has 0 amide bonds. The topological polar surface area (TPSA) is 45.1 Å². The summed E-state index contributed by atoms with van der Waals surface area (Å²) in [5, 5.41) is 15.0. The van der Waals surface area contributed by atoms with Gasteiger partial charge in [-0.2, -0.15) is 0 Å². The van der Waals surface area contributed by atoms with Gasteiger partial charge in [0, 0.05) is 31.1 Å². The molecule has 0 aromatic heterocycles. The van der Waals surface area contributed by atoms with Gasteiger partial charge in [-0.15, -0.1) is 13.2 Å². The van der Waals surface area contributed by atoms with Crippen LogP contribution in [0.4, 0.5) is 0 Å². The summed E-state index contributed by atoms with van der Waals surface area (Å²) in [7, 11) is 0. The van der Waals surface area contributed by atoms with E-state index in [-0.39, 0.29) is 12.2 Å². The van der Waals surface area contributed by atoms with Crippen molar-refractivity contribution in [1.82, 2.24) is 4.90 Å². The van der Waals surface area contributed by atoms with E-state index >= 15 is 0 Å². The summed E-state index contributed by atoms with van der Waals surface area (Å²) in [5.74, 6) is 0. The summed E-state index contributed by atoms with van der Waals surface area (Å²) < 4.78 is 0. The average molecular weight is 349 g/mol. The highest BCUT2D eigenvalue weighted by molar-refractivity contribution is 6.30. The standard InChI is InChI=1S/C19H25ClN2O2/c1-3-5-6-17(23)13-22(11-4-2)14-18-12-19(21-24-18)15-7-9-16(20)10-8-15/h3-4,7-10,17-18,23H,1-2,5-6,11-14H2. The van der Waals surface area contributed by atoms with E-state index in [1.165, 1.54) is 0 Å². The Labute approximate surface area is 149 Å². The lowest BCUT2D eigenvalue weighted by Gasteiger charge is -2.25. The minimum absolute atomic E-state index is 0.0118. The van der Waals surface area contributed by atoms with Crippen LogP contribution < -0.4 is 0 Å². The van der Waals surface area contributed by atoms with Crippen LogP contribution in [0.5, 0.6) is 0 Å². The van der Waals surface area contributed by atoms with Gasteiger partial charge in [-0.25, -0.2) is 0 Å². The molecular weight excluding hydrogens is 324 g/mol. The van der Waals surface area contributed by atoms with Gasteiger partial charge in [0.05, 0.1) is 11.8 Å². The molecule has 0 saturated carbocycles. The molecule has 2 rings (SSSR count). The second-order valence-electron chi connectivity index (χ2n) is 6.00. The van der Waals surface area contributed by atoms with Crippen molar-refractivity contribution in [3.8, 4) is 0 Å². The van der Waals surface area contributed by atoms with Crippen molar-refractivity contribution >= 4 is 17.3 Å². The second kappa shape index (κ2) is 9.62. The lowest BCUT2D eigenvalue weighted by atomic mass is 10.0. The molecule has 1 aromatic rings. The molecule has 1 aromatic carbocycles. The number of aliphatic hydroxyl groups excluding tert-OH is 1. The fraction of sp³-hybridized carbons (Fsp3) is 0.421. The third-order valence-corrected chi connectivity index (χ3v) is 4.18. The summed E-state index contributed by atoms with van der Waals surface area (Å²) >= 11 is 5.92. The Kier molecular flexibility index (Phi) is 7.50. The van der Waals surface area contributed by atoms with Crippen molar-refractivity contribution in [2.75, 3.05) is 19.6 Å². The summed E-state index contributed by atoms with van der Waals surface area (Å²) in [6, 6.07) is 7.61. The molecule has 0 saturated heterocycles. The molecule has 0 aliphatic carbocycles. The molecule has 0 fully saturated rings. The minimum Gasteiger partial charge on any atom is -0.392 e. The van der Waals surface area contributed by atoms with Crippen LogP contribution in [0.2, 0.25) is 5.02 Å². The highest BCUT2D eigenvalue weighted by atomic mass is 35.5. The number of halogens is 1. The van der Waals surface area contributed by atoms with Crippen LogP contribution >= 0.6 is 11.6 Å². The van der Waals surface area contributed by atoms with Crippen molar-refractivity contribution in [3.05, 3.63) is 60.2 Å². The molecule has 5 heteroatoms. The lowest BCUT2D eigenvalue weighted by molar-refractivity contribution is 0.0379. The first-order valence-corrected chi connectivity index (χ1v) is 8.61. The molecule has 2 atom stereocenters. The molecule has 2 unspecified atom stereocenters. The fourth-order valence-electron chi connectivity index (χ4n) is 2.73. The highest BCUT2D eigenvalue weighted by Gasteiger charge is 2.25. The van der Waals surface area contributed by atoms with Crippen LogP contribution in [0.25, 0.3) is 0 Å². The van der Waals surface area contributed by atoms with Gasteiger partial charge in [0.25, 0.3) is 0 Å². The first-order chi connectivity index (χ1) is 11.6. The Morgan fingerprint density at radius 3 is 2.75 bits per heavy atom. The van der Waals surface area contributed by atoms with Gasteiger partial charge in [0.1, 0.15) is 6.10 Å². The van der Waals surface area contributed by atoms with Crippen LogP contribution in [-0.4, -0.2) is 47.6 Å². The van der Waals surface area contributed by atoms with Crippen molar-refractivity contribution in [2.45, 2.75) is 31.5 Å². The van der Waals surface area contributed by atoms with E-state index in [4.69, 9.17) is 16.4 Å². The number of hydrogen-bond acceptors (Lipinski definition) is 4. The number of hydrogen-bond donors (Lipinski definition) is 1. The average Bonchev–Trinajstić information content (AvgIpc) is 3.02. The Morgan fingerprint density at radius 2 is 2.08 bits per heavy atom. The van der Waals surface area contributed by atoms with Gasteiger partial charge in [0.2, 0.25) is 0 Å². The predicted octanol–water partition coefficient (Wildman–Crippen LogP) is 3.65. The zero-order valence-corrected chi connectivity index (χ0v) is 14.7. The zero-order chi connectivity index (χ0) is 17.4. The third kappa shape index (κ3) is 5.78. The minimum atomic E-state index is -0.374. The molecule has 1 aliphatic heterocycles. The van der Waals surface area contributed by atoms with Crippen molar-refractivity contribution < 1.29 is 9.94 Å². The van der Waals surface area contributed by atoms with Crippen LogP contribution in [-0.2, 0) is 4.84 Å². The predicted molar refractivity (Wildman–Crippen MR) is 99.6 cm³/mol. The van der Waals surface area contributed by atoms with Crippen LogP contribution in [0.1, 0.15) is 24.8 Å². The molecule has 1 heterocycles. The number of nitrogens with zero attached hydrogens (tertiary/aromatic N) is 2. The summed E-state index contributed by atoms with van der Waals surface area (Å²) in [6.45, 7) is 9.49. The highest BCUT2D eigenvalue weighted by Crippen LogP contribution is 2.19. The molecule has 130 valence electrons. The Balaban J connectivity index is 1.86. The first kappa shape index (κ1) is 18.7. The van der Waals surface area contributed by atoms with Gasteiger partial charge >= 0.3 is 0 Å². The van der Waals surface area contributed by atoms with Gasteiger partial charge in [0.15, 0.2) is 0 Å². The van der Waals surface area contributed by atoms with Crippen molar-refractivity contribution in [3.63, 3.8) is 0 Å². The molecule has 0 radical (unpaired) electrons. The Morgan fingerprint density at radius 1 is 1.33 bits per heavy atom. The van der Waals surface area contributed by atoms with Crippen molar-refractivity contribution in [2.24, 2.45) is 5.16 Å². The van der Waals surface area contributed by atoms with E-state index in [1.54, 1.807) is 0 Å². The largest absolute Gasteiger partial charge is 0.392 e. The summed E-state index contributed by atoms with van der Waals surface area (Å²) in [5.41, 5.74) is 1.96. The number of aliphatic hydroxyl groups is 1. The van der Waals surface area contributed by atoms with E-state index in [0.29, 0.717) is 24.7 Å². The molecule has 0 bridgehead atoms. The lowest BCUT2D eigenvalue weighted by Crippen LogP contribution is -2.38. The van der Waals surface area contributed by atoms with Crippen LogP contribution in [0, 0.1) is 0 Å². The zero-order valence-electron chi connectivity index (χ0n) is 13.9. The van der Waals surface area contributed by atoms with E-state index in [0.717, 1.165) is 30.5 Å². The SMILES string of the molecule is C=CCCC(O)CN(CC=C)CC1CC(c2ccc(Cl)cc2)=NO1. The van der Waals surface area contributed by atoms with E-state index in [1.807, 2.05) is 36.4 Å². The van der Waals surface area contributed by atoms with Crippen molar-refractivity contribution in [1.29, 1.82) is 0 Å². The van der Waals surface area contributed by atoms with E-state index in [9.17, 15) is 5.11 Å². The Bertz CT molecular complexity index is 571. The van der Waals surface area contributed by atoms with Crippen LogP contribution in [0.3, 0.4) is 0 Å². The summed E-state index contributed by atoms with van der Waals surface area (Å²) in [6.07, 6.45) is 5.56. The maximum atomic E-state index is 10.1. The van der Waals surface area contributed by atoms with Gasteiger partial charge < -0.3 is 9.94 Å². The normalized spacial score (nSPS) is 18.1. The molecule has 1 aliphatic rings. The maximum Gasteiger partial charge on any atom is 0.145 e. The third-order valence-electron chi connectivity index (χ3n) is 3.93. The summed E-state index contributed by atoms with van der Waals surface area (Å²) in [4.78, 5) is 7.72. The Hall–Kier alpha value is -1.62. The molecule has 4 nitrogen and oxygen atoms in total. The quantitative estimate of drug-likeness (QED) is 0.656. The number of rotatable bonds is 10. The molecule has 1 N–H and O–H groups in total. The van der Waals surface area contributed by atoms with Gasteiger partial charge in [-0.1, -0.05) is 41.0 Å². The van der Waals surface area contributed by atoms with E-state index < -0.39 is 0 Å². The first-order valence-electron chi connectivity index (χ1n) is 8.23. The molecule has 0 spiro atoms.